The van der Waals surface area contributed by atoms with E-state index in [4.69, 9.17) is 19.5 Å². The number of ether oxygens (including phenoxy) is 3. The summed E-state index contributed by atoms with van der Waals surface area (Å²) in [4.78, 5) is 11.8. The van der Waals surface area contributed by atoms with Crippen LogP contribution in [0, 0.1) is 11.3 Å². The van der Waals surface area contributed by atoms with E-state index in [9.17, 15) is 4.79 Å². The molecule has 6 heteroatoms. The average molecular weight is 292 g/mol. The molecule has 0 aliphatic carbocycles. The van der Waals surface area contributed by atoms with E-state index in [-0.39, 0.29) is 5.91 Å². The molecule has 0 bridgehead atoms. The van der Waals surface area contributed by atoms with Gasteiger partial charge in [0.25, 0.3) is 5.91 Å². The van der Waals surface area contributed by atoms with Crippen molar-refractivity contribution >= 4 is 5.91 Å². The number of nitriles is 1. The van der Waals surface area contributed by atoms with Crippen LogP contribution in [0.25, 0.3) is 0 Å². The van der Waals surface area contributed by atoms with Crippen molar-refractivity contribution in [2.24, 2.45) is 0 Å². The summed E-state index contributed by atoms with van der Waals surface area (Å²) < 4.78 is 15.5. The Morgan fingerprint density at radius 1 is 1.33 bits per heavy atom. The standard InChI is InChI=1S/C15H20N2O4/c1-11(15(18)17-5-4-6-19-2)21-14-8-12(10-16)7-13(9-14)20-3/h7-9,11H,4-6H2,1-3H3,(H,17,18). The number of carbonyl (C=O) groups excluding carboxylic acids is 1. The van der Waals surface area contributed by atoms with Crippen molar-refractivity contribution in [2.45, 2.75) is 19.4 Å². The lowest BCUT2D eigenvalue weighted by molar-refractivity contribution is -0.127. The quantitative estimate of drug-likeness (QED) is 0.734. The molecule has 6 nitrogen and oxygen atoms in total. The first-order valence-electron chi connectivity index (χ1n) is 6.63. The van der Waals surface area contributed by atoms with Crippen molar-refractivity contribution in [3.63, 3.8) is 0 Å². The summed E-state index contributed by atoms with van der Waals surface area (Å²) >= 11 is 0. The van der Waals surface area contributed by atoms with Crippen molar-refractivity contribution in [3.05, 3.63) is 23.8 Å². The van der Waals surface area contributed by atoms with Crippen molar-refractivity contribution in [1.82, 2.24) is 5.32 Å². The van der Waals surface area contributed by atoms with Crippen molar-refractivity contribution in [3.8, 4) is 17.6 Å². The number of benzene rings is 1. The van der Waals surface area contributed by atoms with Gasteiger partial charge in [-0.25, -0.2) is 0 Å². The highest BCUT2D eigenvalue weighted by Gasteiger charge is 2.15. The second-order valence-electron chi connectivity index (χ2n) is 4.41. The van der Waals surface area contributed by atoms with Gasteiger partial charge in [-0.15, -0.1) is 0 Å². The van der Waals surface area contributed by atoms with Gasteiger partial charge in [0.15, 0.2) is 6.10 Å². The molecule has 21 heavy (non-hydrogen) atoms. The third kappa shape index (κ3) is 5.71. The Labute approximate surface area is 124 Å². The smallest absolute Gasteiger partial charge is 0.260 e. The second-order valence-corrected chi connectivity index (χ2v) is 4.41. The Kier molecular flexibility index (Phi) is 7.05. The number of rotatable bonds is 8. The monoisotopic (exact) mass is 292 g/mol. The van der Waals surface area contributed by atoms with Crippen LogP contribution in [-0.4, -0.2) is 39.4 Å². The maximum atomic E-state index is 11.8. The number of carbonyl (C=O) groups is 1. The third-order valence-corrected chi connectivity index (χ3v) is 2.75. The Bertz CT molecular complexity index is 511. The number of nitrogens with one attached hydrogen (secondary N) is 1. The molecule has 1 rings (SSSR count). The summed E-state index contributed by atoms with van der Waals surface area (Å²) in [6.07, 6.45) is 0.0818. The molecule has 1 amide bonds. The second kappa shape index (κ2) is 8.82. The minimum atomic E-state index is -0.661. The van der Waals surface area contributed by atoms with Crippen molar-refractivity contribution in [2.75, 3.05) is 27.4 Å². The lowest BCUT2D eigenvalue weighted by atomic mass is 10.2. The predicted molar refractivity (Wildman–Crippen MR) is 77.3 cm³/mol. The van der Waals surface area contributed by atoms with E-state index in [2.05, 4.69) is 5.32 Å². The zero-order chi connectivity index (χ0) is 15.7. The zero-order valence-corrected chi connectivity index (χ0v) is 12.5. The highest BCUT2D eigenvalue weighted by molar-refractivity contribution is 5.80. The number of hydrogen-bond donors (Lipinski definition) is 1. The highest BCUT2D eigenvalue weighted by Crippen LogP contribution is 2.23. The van der Waals surface area contributed by atoms with E-state index in [1.807, 2.05) is 6.07 Å². The van der Waals surface area contributed by atoms with Gasteiger partial charge in [-0.05, 0) is 25.5 Å². The van der Waals surface area contributed by atoms with Gasteiger partial charge in [-0.2, -0.15) is 5.26 Å². The average Bonchev–Trinajstić information content (AvgIpc) is 2.50. The van der Waals surface area contributed by atoms with Crippen molar-refractivity contribution in [1.29, 1.82) is 5.26 Å². The van der Waals surface area contributed by atoms with Gasteiger partial charge in [0.1, 0.15) is 11.5 Å². The fourth-order valence-electron chi connectivity index (χ4n) is 1.65. The molecule has 0 radical (unpaired) electrons. The first kappa shape index (κ1) is 16.8. The molecular weight excluding hydrogens is 272 g/mol. The zero-order valence-electron chi connectivity index (χ0n) is 12.5. The highest BCUT2D eigenvalue weighted by atomic mass is 16.5. The Morgan fingerprint density at radius 3 is 2.67 bits per heavy atom. The molecule has 0 aliphatic heterocycles. The topological polar surface area (TPSA) is 80.6 Å². The van der Waals surface area contributed by atoms with Gasteiger partial charge in [0, 0.05) is 26.3 Å². The summed E-state index contributed by atoms with van der Waals surface area (Å²) in [6.45, 7) is 2.77. The normalized spacial score (nSPS) is 11.3. The van der Waals surface area contributed by atoms with Crippen LogP contribution in [0.1, 0.15) is 18.9 Å². The van der Waals surface area contributed by atoms with E-state index in [0.717, 1.165) is 6.42 Å². The van der Waals surface area contributed by atoms with E-state index >= 15 is 0 Å². The van der Waals surface area contributed by atoms with Gasteiger partial charge >= 0.3 is 0 Å². The van der Waals surface area contributed by atoms with Crippen LogP contribution in [0.5, 0.6) is 11.5 Å². The summed E-state index contributed by atoms with van der Waals surface area (Å²) in [5.74, 6) is 0.717. The molecule has 0 saturated heterocycles. The molecule has 0 heterocycles. The fraction of sp³-hybridized carbons (Fsp3) is 0.467. The van der Waals surface area contributed by atoms with Crippen LogP contribution in [0.3, 0.4) is 0 Å². The van der Waals surface area contributed by atoms with Gasteiger partial charge in [0.2, 0.25) is 0 Å². The number of methoxy groups -OCH3 is 2. The van der Waals surface area contributed by atoms with E-state index in [1.54, 1.807) is 32.2 Å². The van der Waals surface area contributed by atoms with Gasteiger partial charge in [0.05, 0.1) is 18.7 Å². The summed E-state index contributed by atoms with van der Waals surface area (Å²) in [5, 5.41) is 11.7. The minimum absolute atomic E-state index is 0.215. The minimum Gasteiger partial charge on any atom is -0.497 e. The maximum absolute atomic E-state index is 11.8. The molecule has 0 saturated carbocycles. The maximum Gasteiger partial charge on any atom is 0.260 e. The Balaban J connectivity index is 2.59. The predicted octanol–water partition coefficient (Wildman–Crippen LogP) is 1.49. The lowest BCUT2D eigenvalue weighted by Crippen LogP contribution is -2.37. The molecule has 1 unspecified atom stereocenters. The lowest BCUT2D eigenvalue weighted by Gasteiger charge is -2.15. The largest absolute Gasteiger partial charge is 0.497 e. The molecule has 1 N–H and O–H groups in total. The van der Waals surface area contributed by atoms with Crippen LogP contribution in [-0.2, 0) is 9.53 Å². The Hall–Kier alpha value is -2.26. The first-order chi connectivity index (χ1) is 10.1. The molecule has 0 aliphatic rings. The molecule has 0 aromatic heterocycles. The van der Waals surface area contributed by atoms with E-state index in [1.165, 1.54) is 7.11 Å². The van der Waals surface area contributed by atoms with Gasteiger partial charge < -0.3 is 19.5 Å². The molecular formula is C15H20N2O4. The molecule has 1 aromatic rings. The van der Waals surface area contributed by atoms with Crippen LogP contribution < -0.4 is 14.8 Å². The SMILES string of the molecule is COCCCNC(=O)C(C)Oc1cc(C#N)cc(OC)c1. The van der Waals surface area contributed by atoms with Crippen LogP contribution in [0.2, 0.25) is 0 Å². The Morgan fingerprint density at radius 2 is 2.05 bits per heavy atom. The third-order valence-electron chi connectivity index (χ3n) is 2.75. The van der Waals surface area contributed by atoms with Crippen molar-refractivity contribution < 1.29 is 19.0 Å². The molecule has 1 aromatic carbocycles. The first-order valence-corrected chi connectivity index (χ1v) is 6.63. The van der Waals surface area contributed by atoms with Gasteiger partial charge in [-0.3, -0.25) is 4.79 Å². The van der Waals surface area contributed by atoms with Crippen LogP contribution in [0.4, 0.5) is 0 Å². The summed E-state index contributed by atoms with van der Waals surface area (Å²) in [7, 11) is 3.12. The van der Waals surface area contributed by atoms with Gasteiger partial charge in [-0.1, -0.05) is 0 Å². The molecule has 0 spiro atoms. The molecule has 1 atom stereocenters. The molecule has 0 fully saturated rings. The fourth-order valence-corrected chi connectivity index (χ4v) is 1.65. The molecule has 114 valence electrons. The number of amides is 1. The summed E-state index contributed by atoms with van der Waals surface area (Å²) in [5.41, 5.74) is 0.414. The number of nitrogens with zero attached hydrogens (tertiary/aromatic N) is 1. The van der Waals surface area contributed by atoms with Crippen LogP contribution in [0.15, 0.2) is 18.2 Å². The van der Waals surface area contributed by atoms with E-state index < -0.39 is 6.10 Å². The van der Waals surface area contributed by atoms with E-state index in [0.29, 0.717) is 30.2 Å². The van der Waals surface area contributed by atoms with Crippen LogP contribution >= 0.6 is 0 Å². The number of hydrogen-bond acceptors (Lipinski definition) is 5. The summed E-state index contributed by atoms with van der Waals surface area (Å²) in [6, 6.07) is 6.82.